The summed E-state index contributed by atoms with van der Waals surface area (Å²) in [6, 6.07) is 5.83. The van der Waals surface area contributed by atoms with Crippen molar-refractivity contribution in [2.75, 3.05) is 14.2 Å². The molecule has 0 aromatic heterocycles. The quantitative estimate of drug-likeness (QED) is 0.729. The first-order valence-corrected chi connectivity index (χ1v) is 4.69. The van der Waals surface area contributed by atoms with Gasteiger partial charge in [-0.3, -0.25) is 0 Å². The van der Waals surface area contributed by atoms with Gasteiger partial charge in [0.2, 0.25) is 0 Å². The molecule has 0 aliphatic rings. The van der Waals surface area contributed by atoms with Crippen LogP contribution in [0.3, 0.4) is 0 Å². The molecule has 0 atom stereocenters. The Morgan fingerprint density at radius 1 is 1.07 bits per heavy atom. The number of ether oxygens (including phenoxy) is 2. The first kappa shape index (κ1) is 10.6. The molecule has 2 nitrogen and oxygen atoms in total. The van der Waals surface area contributed by atoms with Gasteiger partial charge in [0.15, 0.2) is 0 Å². The van der Waals surface area contributed by atoms with E-state index in [1.807, 2.05) is 18.2 Å². The van der Waals surface area contributed by atoms with Crippen molar-refractivity contribution in [3.05, 3.63) is 29.8 Å². The molecule has 0 spiro atoms. The summed E-state index contributed by atoms with van der Waals surface area (Å²) in [6.07, 6.45) is 5.19. The number of hydrogen-bond acceptors (Lipinski definition) is 2. The zero-order chi connectivity index (χ0) is 10.4. The monoisotopic (exact) mass is 192 g/mol. The van der Waals surface area contributed by atoms with E-state index < -0.39 is 0 Å². The summed E-state index contributed by atoms with van der Waals surface area (Å²) in [5.74, 6) is 1.64. The molecule has 0 fully saturated rings. The Labute approximate surface area is 85.2 Å². The van der Waals surface area contributed by atoms with Crippen molar-refractivity contribution in [2.24, 2.45) is 0 Å². The maximum Gasteiger partial charge on any atom is 0.123 e. The normalized spacial score (nSPS) is 10.5. The Hall–Kier alpha value is -1.44. The van der Waals surface area contributed by atoms with Gasteiger partial charge in [-0.25, -0.2) is 0 Å². The molecule has 0 aliphatic heterocycles. The van der Waals surface area contributed by atoms with Crippen molar-refractivity contribution in [3.8, 4) is 11.5 Å². The lowest BCUT2D eigenvalue weighted by Gasteiger charge is -2.05. The van der Waals surface area contributed by atoms with Gasteiger partial charge in [-0.2, -0.15) is 0 Å². The molecule has 0 radical (unpaired) electrons. The largest absolute Gasteiger partial charge is 0.497 e. The lowest BCUT2D eigenvalue weighted by atomic mass is 10.2. The molecular formula is C12H16O2. The van der Waals surface area contributed by atoms with Crippen molar-refractivity contribution in [2.45, 2.75) is 13.3 Å². The van der Waals surface area contributed by atoms with Gasteiger partial charge < -0.3 is 9.47 Å². The van der Waals surface area contributed by atoms with E-state index in [2.05, 4.69) is 19.1 Å². The lowest BCUT2D eigenvalue weighted by molar-refractivity contribution is 0.394. The van der Waals surface area contributed by atoms with Crippen molar-refractivity contribution < 1.29 is 9.47 Å². The van der Waals surface area contributed by atoms with E-state index in [1.54, 1.807) is 14.2 Å². The second-order valence-corrected chi connectivity index (χ2v) is 2.96. The van der Waals surface area contributed by atoms with Crippen LogP contribution in [0.1, 0.15) is 18.9 Å². The standard InChI is InChI=1S/C12H16O2/c1-4-5-6-10-7-11(13-2)9-12(8-10)14-3/h5-9H,4H2,1-3H3/b6-5-. The second-order valence-electron chi connectivity index (χ2n) is 2.96. The van der Waals surface area contributed by atoms with Gasteiger partial charge in [0.1, 0.15) is 11.5 Å². The van der Waals surface area contributed by atoms with Crippen LogP contribution in [0, 0.1) is 0 Å². The van der Waals surface area contributed by atoms with Gasteiger partial charge in [-0.15, -0.1) is 0 Å². The van der Waals surface area contributed by atoms with Crippen LogP contribution >= 0.6 is 0 Å². The second kappa shape index (κ2) is 5.32. The summed E-state index contributed by atoms with van der Waals surface area (Å²) in [5, 5.41) is 0. The van der Waals surface area contributed by atoms with Gasteiger partial charge in [0.05, 0.1) is 14.2 Å². The molecule has 0 saturated heterocycles. The number of methoxy groups -OCH3 is 2. The number of hydrogen-bond donors (Lipinski definition) is 0. The Balaban J connectivity index is 2.98. The number of rotatable bonds is 4. The zero-order valence-electron chi connectivity index (χ0n) is 8.91. The maximum absolute atomic E-state index is 5.16. The molecule has 14 heavy (non-hydrogen) atoms. The highest BCUT2D eigenvalue weighted by Crippen LogP contribution is 2.23. The van der Waals surface area contributed by atoms with Crippen LogP contribution < -0.4 is 9.47 Å². The molecule has 0 amide bonds. The van der Waals surface area contributed by atoms with Crippen molar-refractivity contribution in [1.29, 1.82) is 0 Å². The third kappa shape index (κ3) is 2.80. The van der Waals surface area contributed by atoms with Gasteiger partial charge in [-0.05, 0) is 24.1 Å². The molecule has 0 N–H and O–H groups in total. The average molecular weight is 192 g/mol. The van der Waals surface area contributed by atoms with Gasteiger partial charge >= 0.3 is 0 Å². The Bertz CT molecular complexity index is 294. The molecule has 0 bridgehead atoms. The van der Waals surface area contributed by atoms with E-state index in [9.17, 15) is 0 Å². The Morgan fingerprint density at radius 3 is 2.07 bits per heavy atom. The molecule has 0 saturated carbocycles. The number of allylic oxidation sites excluding steroid dienone is 1. The van der Waals surface area contributed by atoms with E-state index in [0.29, 0.717) is 0 Å². The SMILES string of the molecule is CC/C=C\c1cc(OC)cc(OC)c1. The van der Waals surface area contributed by atoms with E-state index in [0.717, 1.165) is 23.5 Å². The van der Waals surface area contributed by atoms with E-state index >= 15 is 0 Å². The molecule has 0 heterocycles. The van der Waals surface area contributed by atoms with Crippen molar-refractivity contribution >= 4 is 6.08 Å². The van der Waals surface area contributed by atoms with Crippen LogP contribution in [0.25, 0.3) is 6.08 Å². The smallest absolute Gasteiger partial charge is 0.123 e. The van der Waals surface area contributed by atoms with Gasteiger partial charge in [-0.1, -0.05) is 19.1 Å². The van der Waals surface area contributed by atoms with E-state index in [1.165, 1.54) is 0 Å². The summed E-state index contributed by atoms with van der Waals surface area (Å²) in [4.78, 5) is 0. The Morgan fingerprint density at radius 2 is 1.64 bits per heavy atom. The summed E-state index contributed by atoms with van der Waals surface area (Å²) in [6.45, 7) is 2.11. The summed E-state index contributed by atoms with van der Waals surface area (Å²) >= 11 is 0. The van der Waals surface area contributed by atoms with Crippen molar-refractivity contribution in [3.63, 3.8) is 0 Å². The third-order valence-electron chi connectivity index (χ3n) is 1.92. The summed E-state index contributed by atoms with van der Waals surface area (Å²) in [5.41, 5.74) is 1.10. The van der Waals surface area contributed by atoms with Gasteiger partial charge in [0, 0.05) is 6.07 Å². The Kier molecular flexibility index (Phi) is 4.05. The number of benzene rings is 1. The first-order valence-electron chi connectivity index (χ1n) is 4.69. The summed E-state index contributed by atoms with van der Waals surface area (Å²) < 4.78 is 10.3. The first-order chi connectivity index (χ1) is 6.80. The van der Waals surface area contributed by atoms with Crippen LogP contribution in [0.4, 0.5) is 0 Å². The summed E-state index contributed by atoms with van der Waals surface area (Å²) in [7, 11) is 3.31. The maximum atomic E-state index is 5.16. The van der Waals surface area contributed by atoms with Crippen LogP contribution in [-0.4, -0.2) is 14.2 Å². The fraction of sp³-hybridized carbons (Fsp3) is 0.333. The minimum Gasteiger partial charge on any atom is -0.497 e. The minimum atomic E-state index is 0.820. The average Bonchev–Trinajstić information content (AvgIpc) is 2.25. The van der Waals surface area contributed by atoms with E-state index in [-0.39, 0.29) is 0 Å². The highest BCUT2D eigenvalue weighted by molar-refractivity contribution is 5.55. The topological polar surface area (TPSA) is 18.5 Å². The lowest BCUT2D eigenvalue weighted by Crippen LogP contribution is -1.87. The highest BCUT2D eigenvalue weighted by atomic mass is 16.5. The van der Waals surface area contributed by atoms with Crippen LogP contribution in [-0.2, 0) is 0 Å². The zero-order valence-corrected chi connectivity index (χ0v) is 8.91. The van der Waals surface area contributed by atoms with Gasteiger partial charge in [0.25, 0.3) is 0 Å². The molecule has 1 rings (SSSR count). The molecule has 0 aliphatic carbocycles. The fourth-order valence-corrected chi connectivity index (χ4v) is 1.18. The molecule has 1 aromatic carbocycles. The predicted octanol–water partition coefficient (Wildman–Crippen LogP) is 3.13. The highest BCUT2D eigenvalue weighted by Gasteiger charge is 1.98. The van der Waals surface area contributed by atoms with Crippen molar-refractivity contribution in [1.82, 2.24) is 0 Å². The molecule has 76 valence electrons. The molecule has 2 heteroatoms. The predicted molar refractivity (Wildman–Crippen MR) is 58.9 cm³/mol. The molecular weight excluding hydrogens is 176 g/mol. The van der Waals surface area contributed by atoms with Crippen LogP contribution in [0.15, 0.2) is 24.3 Å². The fourth-order valence-electron chi connectivity index (χ4n) is 1.18. The molecule has 0 unspecified atom stereocenters. The minimum absolute atomic E-state index is 0.820. The van der Waals surface area contributed by atoms with E-state index in [4.69, 9.17) is 9.47 Å². The van der Waals surface area contributed by atoms with Crippen LogP contribution in [0.2, 0.25) is 0 Å². The van der Waals surface area contributed by atoms with Crippen LogP contribution in [0.5, 0.6) is 11.5 Å². The molecule has 1 aromatic rings. The third-order valence-corrected chi connectivity index (χ3v) is 1.92.